The van der Waals surface area contributed by atoms with Crippen molar-refractivity contribution >= 4 is 11.7 Å². The molecule has 0 spiro atoms. The van der Waals surface area contributed by atoms with Gasteiger partial charge in [-0.1, -0.05) is 5.16 Å². The van der Waals surface area contributed by atoms with E-state index in [0.29, 0.717) is 24.3 Å². The highest BCUT2D eigenvalue weighted by Gasteiger charge is 2.32. The average molecular weight is 291 g/mol. The van der Waals surface area contributed by atoms with Gasteiger partial charge in [0.2, 0.25) is 0 Å². The Morgan fingerprint density at radius 3 is 2.67 bits per heavy atom. The van der Waals surface area contributed by atoms with Crippen molar-refractivity contribution in [3.05, 3.63) is 29.3 Å². The van der Waals surface area contributed by atoms with Crippen LogP contribution in [0.5, 0.6) is 5.75 Å². The molecule has 0 heterocycles. The van der Waals surface area contributed by atoms with Gasteiger partial charge in [-0.3, -0.25) is 4.79 Å². The molecule has 21 heavy (non-hydrogen) atoms. The number of esters is 1. The van der Waals surface area contributed by atoms with E-state index in [1.807, 2.05) is 32.9 Å². The average Bonchev–Trinajstić information content (AvgIpc) is 2.46. The van der Waals surface area contributed by atoms with E-state index >= 15 is 0 Å². The molecular formula is C16H21NO4. The normalized spacial score (nSPS) is 20.0. The first-order valence-corrected chi connectivity index (χ1v) is 6.97. The fourth-order valence-corrected chi connectivity index (χ4v) is 2.29. The third-order valence-corrected chi connectivity index (χ3v) is 3.54. The van der Waals surface area contributed by atoms with Gasteiger partial charge in [-0.05, 0) is 51.8 Å². The van der Waals surface area contributed by atoms with Crippen LogP contribution in [0.1, 0.15) is 50.8 Å². The van der Waals surface area contributed by atoms with E-state index in [4.69, 9.17) is 14.7 Å². The molecule has 1 aliphatic carbocycles. The molecule has 0 amide bonds. The second-order valence-electron chi connectivity index (χ2n) is 6.18. The van der Waals surface area contributed by atoms with E-state index in [1.165, 1.54) is 0 Å². The minimum absolute atomic E-state index is 0.245. The second-order valence-corrected chi connectivity index (χ2v) is 6.18. The number of fused-ring (bicyclic) bond motifs is 1. The maximum Gasteiger partial charge on any atom is 0.311 e. The largest absolute Gasteiger partial charge is 0.497 e. The van der Waals surface area contributed by atoms with Gasteiger partial charge in [0.05, 0.1) is 18.2 Å². The zero-order chi connectivity index (χ0) is 15.6. The molecule has 1 N–H and O–H groups in total. The number of hydrogen-bond acceptors (Lipinski definition) is 5. The minimum Gasteiger partial charge on any atom is -0.497 e. The quantitative estimate of drug-likeness (QED) is 0.515. The Morgan fingerprint density at radius 1 is 1.38 bits per heavy atom. The molecule has 0 saturated carbocycles. The van der Waals surface area contributed by atoms with E-state index in [0.717, 1.165) is 11.1 Å². The Bertz CT molecular complexity index is 572. The van der Waals surface area contributed by atoms with Gasteiger partial charge in [-0.25, -0.2) is 0 Å². The first kappa shape index (κ1) is 15.4. The fraction of sp³-hybridized carbons (Fsp3) is 0.500. The number of hydrogen-bond donors (Lipinski definition) is 1. The Morgan fingerprint density at radius 2 is 2.10 bits per heavy atom. The molecule has 114 valence electrons. The summed E-state index contributed by atoms with van der Waals surface area (Å²) in [5, 5.41) is 12.5. The fourth-order valence-electron chi connectivity index (χ4n) is 2.29. The van der Waals surface area contributed by atoms with Crippen LogP contribution in [0.2, 0.25) is 0 Å². The van der Waals surface area contributed by atoms with Crippen molar-refractivity contribution in [1.82, 2.24) is 0 Å². The number of methoxy groups -OCH3 is 1. The van der Waals surface area contributed by atoms with Crippen LogP contribution in [0.25, 0.3) is 0 Å². The smallest absolute Gasteiger partial charge is 0.311 e. The Hall–Kier alpha value is -2.04. The van der Waals surface area contributed by atoms with Crippen LogP contribution < -0.4 is 4.74 Å². The number of oxime groups is 1. The van der Waals surface area contributed by atoms with Crippen LogP contribution in [-0.4, -0.2) is 24.0 Å². The standard InChI is InChI=1S/C16H21NO4/c1-16(2,3)15(18)21-14-8-7-13(17-19)11-6-5-10(20-4)9-12(11)14/h5-6,9,14,19H,7-8H2,1-4H3. The summed E-state index contributed by atoms with van der Waals surface area (Å²) in [7, 11) is 1.59. The van der Waals surface area contributed by atoms with E-state index in [1.54, 1.807) is 13.2 Å². The summed E-state index contributed by atoms with van der Waals surface area (Å²) in [5.41, 5.74) is 1.68. The molecule has 1 aromatic carbocycles. The first-order valence-electron chi connectivity index (χ1n) is 6.97. The van der Waals surface area contributed by atoms with Gasteiger partial charge in [-0.2, -0.15) is 0 Å². The molecule has 0 bridgehead atoms. The zero-order valence-electron chi connectivity index (χ0n) is 12.8. The molecule has 1 atom stereocenters. The van der Waals surface area contributed by atoms with Gasteiger partial charge in [0, 0.05) is 11.1 Å². The molecule has 0 aliphatic heterocycles. The molecular weight excluding hydrogens is 270 g/mol. The third-order valence-electron chi connectivity index (χ3n) is 3.54. The highest BCUT2D eigenvalue weighted by Crippen LogP contribution is 2.36. The zero-order valence-corrected chi connectivity index (χ0v) is 12.8. The minimum atomic E-state index is -0.551. The van der Waals surface area contributed by atoms with E-state index in [2.05, 4.69) is 5.16 Å². The van der Waals surface area contributed by atoms with Gasteiger partial charge < -0.3 is 14.7 Å². The number of benzene rings is 1. The maximum absolute atomic E-state index is 12.1. The number of ether oxygens (including phenoxy) is 2. The molecule has 1 aliphatic rings. The van der Waals surface area contributed by atoms with Gasteiger partial charge in [-0.15, -0.1) is 0 Å². The number of carbonyl (C=O) groups is 1. The molecule has 5 heteroatoms. The predicted octanol–water partition coefficient (Wildman–Crippen LogP) is 3.30. The van der Waals surface area contributed by atoms with Crippen molar-refractivity contribution in [2.75, 3.05) is 7.11 Å². The number of rotatable bonds is 2. The SMILES string of the molecule is COc1ccc2c(c1)C(OC(=O)C(C)(C)C)CCC2=NO. The lowest BCUT2D eigenvalue weighted by atomic mass is 9.87. The van der Waals surface area contributed by atoms with Crippen LogP contribution in [0.15, 0.2) is 23.4 Å². The van der Waals surface area contributed by atoms with Crippen LogP contribution in [0, 0.1) is 5.41 Å². The van der Waals surface area contributed by atoms with Crippen LogP contribution in [0.3, 0.4) is 0 Å². The molecule has 0 radical (unpaired) electrons. The van der Waals surface area contributed by atoms with Gasteiger partial charge >= 0.3 is 5.97 Å². The van der Waals surface area contributed by atoms with Crippen molar-refractivity contribution in [2.24, 2.45) is 10.6 Å². The summed E-state index contributed by atoms with van der Waals surface area (Å²) < 4.78 is 10.9. The molecule has 0 saturated heterocycles. The van der Waals surface area contributed by atoms with Gasteiger partial charge in [0.1, 0.15) is 11.9 Å². The van der Waals surface area contributed by atoms with Gasteiger partial charge in [0.25, 0.3) is 0 Å². The van der Waals surface area contributed by atoms with Crippen LogP contribution in [0.4, 0.5) is 0 Å². The number of carbonyl (C=O) groups excluding carboxylic acids is 1. The van der Waals surface area contributed by atoms with Crippen molar-refractivity contribution in [2.45, 2.75) is 39.7 Å². The van der Waals surface area contributed by atoms with Crippen molar-refractivity contribution < 1.29 is 19.5 Å². The summed E-state index contributed by atoms with van der Waals surface area (Å²) in [6.07, 6.45) is 0.826. The lowest BCUT2D eigenvalue weighted by molar-refractivity contribution is -0.159. The number of nitrogens with zero attached hydrogens (tertiary/aromatic N) is 1. The maximum atomic E-state index is 12.1. The lowest BCUT2D eigenvalue weighted by Gasteiger charge is -2.29. The van der Waals surface area contributed by atoms with Crippen molar-refractivity contribution in [3.8, 4) is 5.75 Å². The molecule has 2 rings (SSSR count). The second kappa shape index (κ2) is 5.76. The summed E-state index contributed by atoms with van der Waals surface area (Å²) in [6, 6.07) is 5.47. The van der Waals surface area contributed by atoms with Crippen LogP contribution in [-0.2, 0) is 9.53 Å². The van der Waals surface area contributed by atoms with E-state index in [-0.39, 0.29) is 12.1 Å². The Balaban J connectivity index is 2.36. The molecule has 1 aromatic rings. The third kappa shape index (κ3) is 3.17. The monoisotopic (exact) mass is 291 g/mol. The van der Waals surface area contributed by atoms with Crippen molar-refractivity contribution in [1.29, 1.82) is 0 Å². The summed E-state index contributed by atoms with van der Waals surface area (Å²) in [6.45, 7) is 5.47. The molecule has 0 aromatic heterocycles. The summed E-state index contributed by atoms with van der Waals surface area (Å²) in [5.74, 6) is 0.440. The van der Waals surface area contributed by atoms with Gasteiger partial charge in [0.15, 0.2) is 0 Å². The van der Waals surface area contributed by atoms with Crippen LogP contribution >= 0.6 is 0 Å². The predicted molar refractivity (Wildman–Crippen MR) is 78.8 cm³/mol. The van der Waals surface area contributed by atoms with Crippen molar-refractivity contribution in [3.63, 3.8) is 0 Å². The van der Waals surface area contributed by atoms with E-state index in [9.17, 15) is 4.79 Å². The Kier molecular flexibility index (Phi) is 4.21. The highest BCUT2D eigenvalue weighted by molar-refractivity contribution is 6.02. The molecule has 5 nitrogen and oxygen atoms in total. The first-order chi connectivity index (χ1) is 9.86. The van der Waals surface area contributed by atoms with E-state index < -0.39 is 5.41 Å². The topological polar surface area (TPSA) is 68.1 Å². The molecule has 0 fully saturated rings. The lowest BCUT2D eigenvalue weighted by Crippen LogP contribution is -2.27. The highest BCUT2D eigenvalue weighted by atomic mass is 16.5. The molecule has 1 unspecified atom stereocenters. The summed E-state index contributed by atoms with van der Waals surface area (Å²) in [4.78, 5) is 12.1. The summed E-state index contributed by atoms with van der Waals surface area (Å²) >= 11 is 0. The Labute approximate surface area is 124 Å².